The van der Waals surface area contributed by atoms with Crippen molar-refractivity contribution in [1.29, 1.82) is 0 Å². The molecule has 0 amide bonds. The van der Waals surface area contributed by atoms with E-state index < -0.39 is 0 Å². The van der Waals surface area contributed by atoms with E-state index in [0.29, 0.717) is 18.5 Å². The molecule has 1 fully saturated rings. The fraction of sp³-hybridized carbons (Fsp3) is 0.600. The zero-order valence-electron chi connectivity index (χ0n) is 9.20. The van der Waals surface area contributed by atoms with Crippen molar-refractivity contribution in [1.82, 2.24) is 10.3 Å². The van der Waals surface area contributed by atoms with Crippen LogP contribution in [-0.4, -0.2) is 21.9 Å². The molecule has 1 atom stereocenters. The van der Waals surface area contributed by atoms with E-state index in [-0.39, 0.29) is 0 Å². The van der Waals surface area contributed by atoms with Gasteiger partial charge in [0.15, 0.2) is 5.17 Å². The van der Waals surface area contributed by atoms with Crippen molar-refractivity contribution in [3.05, 3.63) is 17.3 Å². The number of nitrogens with zero attached hydrogens (tertiary/aromatic N) is 2. The molecule has 0 aromatic carbocycles. The van der Waals surface area contributed by atoms with Crippen molar-refractivity contribution in [2.45, 2.75) is 33.4 Å². The van der Waals surface area contributed by atoms with Crippen molar-refractivity contribution in [2.75, 3.05) is 5.75 Å². The van der Waals surface area contributed by atoms with Gasteiger partial charge < -0.3 is 9.73 Å². The van der Waals surface area contributed by atoms with Crippen molar-refractivity contribution in [3.8, 4) is 0 Å². The summed E-state index contributed by atoms with van der Waals surface area (Å²) in [7, 11) is 0. The van der Waals surface area contributed by atoms with Gasteiger partial charge in [-0.25, -0.2) is 4.98 Å². The minimum absolute atomic E-state index is 0.516. The second kappa shape index (κ2) is 4.26. The maximum atomic E-state index is 5.45. The van der Waals surface area contributed by atoms with E-state index >= 15 is 0 Å². The molecule has 0 radical (unpaired) electrons. The molecular weight excluding hydrogens is 210 g/mol. The van der Waals surface area contributed by atoms with Gasteiger partial charge in [-0.15, -0.1) is 0 Å². The van der Waals surface area contributed by atoms with Gasteiger partial charge in [0.1, 0.15) is 12.3 Å². The van der Waals surface area contributed by atoms with Crippen molar-refractivity contribution in [2.24, 2.45) is 4.99 Å². The highest BCUT2D eigenvalue weighted by molar-refractivity contribution is 8.14. The fourth-order valence-corrected chi connectivity index (χ4v) is 2.27. The van der Waals surface area contributed by atoms with Crippen LogP contribution in [-0.2, 0) is 6.54 Å². The zero-order valence-corrected chi connectivity index (χ0v) is 10.0. The predicted octanol–water partition coefficient (Wildman–Crippen LogP) is 1.87. The van der Waals surface area contributed by atoms with Crippen LogP contribution in [0.2, 0.25) is 0 Å². The quantitative estimate of drug-likeness (QED) is 0.835. The Kier molecular flexibility index (Phi) is 3.00. The summed E-state index contributed by atoms with van der Waals surface area (Å²) >= 11 is 1.75. The number of nitrogens with one attached hydrogen (secondary N) is 1. The lowest BCUT2D eigenvalue weighted by atomic mass is 10.4. The summed E-state index contributed by atoms with van der Waals surface area (Å²) in [6.45, 7) is 6.54. The average molecular weight is 225 g/mol. The monoisotopic (exact) mass is 225 g/mol. The lowest BCUT2D eigenvalue weighted by Gasteiger charge is -1.99. The van der Waals surface area contributed by atoms with Crippen LogP contribution in [0.1, 0.15) is 24.3 Å². The molecule has 0 spiro atoms. The molecular formula is C10H15N3OS. The van der Waals surface area contributed by atoms with E-state index in [1.807, 2.05) is 13.8 Å². The fourth-order valence-electron chi connectivity index (χ4n) is 1.34. The Morgan fingerprint density at radius 2 is 2.40 bits per heavy atom. The topological polar surface area (TPSA) is 50.4 Å². The summed E-state index contributed by atoms with van der Waals surface area (Å²) in [4.78, 5) is 8.69. The van der Waals surface area contributed by atoms with Crippen LogP contribution in [0.15, 0.2) is 9.41 Å². The number of hydrogen-bond acceptors (Lipinski definition) is 4. The van der Waals surface area contributed by atoms with Crippen molar-refractivity contribution < 1.29 is 4.42 Å². The van der Waals surface area contributed by atoms with Gasteiger partial charge in [-0.3, -0.25) is 4.99 Å². The van der Waals surface area contributed by atoms with E-state index in [1.165, 1.54) is 0 Å². The average Bonchev–Trinajstić information content (AvgIpc) is 2.72. The first-order chi connectivity index (χ1) is 7.15. The number of rotatable bonds is 2. The molecule has 4 nitrogen and oxygen atoms in total. The first-order valence-corrected chi connectivity index (χ1v) is 6.00. The third-order valence-corrected chi connectivity index (χ3v) is 3.46. The van der Waals surface area contributed by atoms with Gasteiger partial charge in [0, 0.05) is 11.8 Å². The summed E-state index contributed by atoms with van der Waals surface area (Å²) in [6.07, 6.45) is 0. The molecule has 2 heterocycles. The SMILES string of the molecule is Cc1nc(CN=C2NC(C)CS2)oc1C. The molecule has 1 N–H and O–H groups in total. The maximum Gasteiger partial charge on any atom is 0.216 e. The van der Waals surface area contributed by atoms with Crippen molar-refractivity contribution in [3.63, 3.8) is 0 Å². The summed E-state index contributed by atoms with van der Waals surface area (Å²) in [5, 5.41) is 4.29. The minimum atomic E-state index is 0.516. The smallest absolute Gasteiger partial charge is 0.216 e. The molecule has 5 heteroatoms. The Balaban J connectivity index is 1.98. The molecule has 0 aliphatic carbocycles. The molecule has 0 bridgehead atoms. The van der Waals surface area contributed by atoms with Crippen LogP contribution in [0.25, 0.3) is 0 Å². The van der Waals surface area contributed by atoms with Gasteiger partial charge in [-0.05, 0) is 20.8 Å². The first kappa shape index (κ1) is 10.5. The number of aryl methyl sites for hydroxylation is 2. The van der Waals surface area contributed by atoms with Gasteiger partial charge in [-0.2, -0.15) is 0 Å². The van der Waals surface area contributed by atoms with Gasteiger partial charge in [0.2, 0.25) is 5.89 Å². The van der Waals surface area contributed by atoms with Crippen LogP contribution < -0.4 is 5.32 Å². The summed E-state index contributed by atoms with van der Waals surface area (Å²) < 4.78 is 5.45. The Morgan fingerprint density at radius 3 is 2.93 bits per heavy atom. The normalized spacial score (nSPS) is 23.4. The number of oxazole rings is 1. The highest BCUT2D eigenvalue weighted by Gasteiger charge is 2.15. The van der Waals surface area contributed by atoms with Crippen LogP contribution in [0.5, 0.6) is 0 Å². The number of thioether (sulfide) groups is 1. The summed E-state index contributed by atoms with van der Waals surface area (Å²) in [6, 6.07) is 0.516. The molecule has 82 valence electrons. The molecule has 1 aliphatic heterocycles. The Bertz CT molecular complexity index is 367. The summed E-state index contributed by atoms with van der Waals surface area (Å²) in [5.74, 6) is 2.66. The summed E-state index contributed by atoms with van der Waals surface area (Å²) in [5.41, 5.74) is 0.950. The second-order valence-corrected chi connectivity index (χ2v) is 4.74. The van der Waals surface area contributed by atoms with Crippen LogP contribution in [0, 0.1) is 13.8 Å². The van der Waals surface area contributed by atoms with Gasteiger partial charge in [0.05, 0.1) is 5.69 Å². The van der Waals surface area contributed by atoms with E-state index in [0.717, 1.165) is 22.4 Å². The number of amidine groups is 1. The number of aliphatic imine (C=N–C) groups is 1. The molecule has 2 rings (SSSR count). The highest BCUT2D eigenvalue weighted by Crippen LogP contribution is 2.15. The lowest BCUT2D eigenvalue weighted by molar-refractivity contribution is 0.473. The Labute approximate surface area is 93.6 Å². The molecule has 1 aromatic rings. The van der Waals surface area contributed by atoms with Crippen molar-refractivity contribution >= 4 is 16.9 Å². The van der Waals surface area contributed by atoms with E-state index in [1.54, 1.807) is 11.8 Å². The lowest BCUT2D eigenvalue weighted by Crippen LogP contribution is -2.23. The van der Waals surface area contributed by atoms with E-state index in [9.17, 15) is 0 Å². The maximum absolute atomic E-state index is 5.45. The van der Waals surface area contributed by atoms with E-state index in [2.05, 4.69) is 22.2 Å². The van der Waals surface area contributed by atoms with Gasteiger partial charge in [-0.1, -0.05) is 11.8 Å². The minimum Gasteiger partial charge on any atom is -0.444 e. The molecule has 1 aromatic heterocycles. The molecule has 1 saturated heterocycles. The molecule has 15 heavy (non-hydrogen) atoms. The number of hydrogen-bond donors (Lipinski definition) is 1. The number of aromatic nitrogens is 1. The third-order valence-electron chi connectivity index (χ3n) is 2.27. The zero-order chi connectivity index (χ0) is 10.8. The first-order valence-electron chi connectivity index (χ1n) is 5.02. The largest absolute Gasteiger partial charge is 0.444 e. The highest BCUT2D eigenvalue weighted by atomic mass is 32.2. The Morgan fingerprint density at radius 1 is 1.60 bits per heavy atom. The Hall–Kier alpha value is -0.970. The van der Waals surface area contributed by atoms with Gasteiger partial charge in [0.25, 0.3) is 0 Å². The third kappa shape index (κ3) is 2.53. The van der Waals surface area contributed by atoms with Crippen LogP contribution in [0.3, 0.4) is 0 Å². The molecule has 0 saturated carbocycles. The predicted molar refractivity (Wildman–Crippen MR) is 62.2 cm³/mol. The van der Waals surface area contributed by atoms with Gasteiger partial charge >= 0.3 is 0 Å². The van der Waals surface area contributed by atoms with E-state index in [4.69, 9.17) is 4.42 Å². The van der Waals surface area contributed by atoms with Crippen LogP contribution in [0.4, 0.5) is 0 Å². The molecule has 1 unspecified atom stereocenters. The second-order valence-electron chi connectivity index (χ2n) is 3.73. The standard InChI is InChI=1S/C10H15N3OS/c1-6-5-15-10(12-6)11-4-9-13-7(2)8(3)14-9/h6H,4-5H2,1-3H3,(H,11,12). The molecule has 1 aliphatic rings. The van der Waals surface area contributed by atoms with Crippen LogP contribution >= 0.6 is 11.8 Å².